The van der Waals surface area contributed by atoms with Crippen molar-refractivity contribution in [1.29, 1.82) is 0 Å². The van der Waals surface area contributed by atoms with Crippen LogP contribution in [0.15, 0.2) is 53.3 Å². The summed E-state index contributed by atoms with van der Waals surface area (Å²) in [6, 6.07) is 14.8. The highest BCUT2D eigenvalue weighted by Gasteiger charge is 2.23. The van der Waals surface area contributed by atoms with Gasteiger partial charge in [0.25, 0.3) is 5.56 Å². The van der Waals surface area contributed by atoms with Gasteiger partial charge in [-0.1, -0.05) is 36.4 Å². The maximum absolute atomic E-state index is 13.8. The molecule has 0 N–H and O–H groups in total. The lowest BCUT2D eigenvalue weighted by Gasteiger charge is -2.13. The highest BCUT2D eigenvalue weighted by Crippen LogP contribution is 2.37. The number of benzene rings is 2. The van der Waals surface area contributed by atoms with Gasteiger partial charge >= 0.3 is 6.61 Å². The van der Waals surface area contributed by atoms with Crippen LogP contribution in [0.25, 0.3) is 33.0 Å². The minimum absolute atomic E-state index is 0.0236. The van der Waals surface area contributed by atoms with Crippen molar-refractivity contribution in [3.63, 3.8) is 0 Å². The number of rotatable bonds is 5. The van der Waals surface area contributed by atoms with Gasteiger partial charge in [-0.3, -0.25) is 9.36 Å². The standard InChI is InChI=1S/C27H24F2N2O3S/c1-16-22(18-8-4-3-5-9-18)23-25(35-16)30-24-19(10-6-7-13-31(24)26(23)32)14-17-11-12-20(34-27(28)29)21(15-17)33-2/h3-5,8-9,11-12,14-15,27H,6-7,10,13H2,1-2H3. The van der Waals surface area contributed by atoms with Crippen molar-refractivity contribution in [2.45, 2.75) is 39.3 Å². The maximum atomic E-state index is 13.8. The van der Waals surface area contributed by atoms with Crippen molar-refractivity contribution in [1.82, 2.24) is 9.55 Å². The minimum Gasteiger partial charge on any atom is -0.493 e. The predicted molar refractivity (Wildman–Crippen MR) is 135 cm³/mol. The highest BCUT2D eigenvalue weighted by atomic mass is 32.1. The Morgan fingerprint density at radius 3 is 2.66 bits per heavy atom. The number of alkyl halides is 2. The third kappa shape index (κ3) is 4.46. The van der Waals surface area contributed by atoms with Crippen molar-refractivity contribution in [2.24, 2.45) is 0 Å². The largest absolute Gasteiger partial charge is 0.493 e. The number of nitrogens with zero attached hydrogens (tertiary/aromatic N) is 2. The number of aromatic nitrogens is 2. The molecular weight excluding hydrogens is 470 g/mol. The molecule has 5 nitrogen and oxygen atoms in total. The van der Waals surface area contributed by atoms with Crippen LogP contribution in [0, 0.1) is 6.92 Å². The Morgan fingerprint density at radius 1 is 1.11 bits per heavy atom. The van der Waals surface area contributed by atoms with Crippen LogP contribution < -0.4 is 15.0 Å². The van der Waals surface area contributed by atoms with Gasteiger partial charge in [0.1, 0.15) is 10.7 Å². The second-order valence-corrected chi connectivity index (χ2v) is 9.59. The summed E-state index contributed by atoms with van der Waals surface area (Å²) in [7, 11) is 1.41. The molecule has 5 rings (SSSR count). The molecule has 0 spiro atoms. The summed E-state index contributed by atoms with van der Waals surface area (Å²) >= 11 is 1.53. The molecule has 0 atom stereocenters. The Kier molecular flexibility index (Phi) is 6.38. The summed E-state index contributed by atoms with van der Waals surface area (Å²) in [6.07, 6.45) is 4.48. The van der Waals surface area contributed by atoms with E-state index in [0.717, 1.165) is 51.2 Å². The van der Waals surface area contributed by atoms with E-state index in [9.17, 15) is 13.6 Å². The normalized spacial score (nSPS) is 14.8. The van der Waals surface area contributed by atoms with Crippen LogP contribution in [0.1, 0.15) is 35.5 Å². The van der Waals surface area contributed by atoms with Gasteiger partial charge in [0.2, 0.25) is 0 Å². The first-order valence-electron chi connectivity index (χ1n) is 11.4. The second kappa shape index (κ2) is 9.62. The zero-order valence-corrected chi connectivity index (χ0v) is 20.2. The second-order valence-electron chi connectivity index (χ2n) is 8.39. The molecule has 0 saturated heterocycles. The summed E-state index contributed by atoms with van der Waals surface area (Å²) in [4.78, 5) is 20.5. The molecule has 180 valence electrons. The van der Waals surface area contributed by atoms with Crippen LogP contribution in [0.5, 0.6) is 11.5 Å². The number of aryl methyl sites for hydroxylation is 1. The summed E-state index contributed by atoms with van der Waals surface area (Å²) in [5.41, 5.74) is 3.62. The molecule has 2 aromatic heterocycles. The van der Waals surface area contributed by atoms with E-state index in [2.05, 4.69) is 4.74 Å². The Morgan fingerprint density at radius 2 is 1.91 bits per heavy atom. The average Bonchev–Trinajstić information content (AvgIpc) is 3.05. The van der Waals surface area contributed by atoms with Gasteiger partial charge in [-0.2, -0.15) is 8.78 Å². The van der Waals surface area contributed by atoms with E-state index in [1.807, 2.05) is 43.3 Å². The third-order valence-corrected chi connectivity index (χ3v) is 7.16. The summed E-state index contributed by atoms with van der Waals surface area (Å²) < 4.78 is 37.0. The number of methoxy groups -OCH3 is 1. The van der Waals surface area contributed by atoms with Crippen molar-refractivity contribution in [3.05, 3.63) is 75.1 Å². The molecule has 0 aliphatic carbocycles. The van der Waals surface area contributed by atoms with E-state index in [4.69, 9.17) is 9.72 Å². The molecule has 0 amide bonds. The lowest BCUT2D eigenvalue weighted by molar-refractivity contribution is -0.0512. The molecule has 0 radical (unpaired) electrons. The number of fused-ring (bicyclic) bond motifs is 2. The van der Waals surface area contributed by atoms with Crippen LogP contribution >= 0.6 is 11.3 Å². The molecule has 35 heavy (non-hydrogen) atoms. The molecule has 4 aromatic rings. The topological polar surface area (TPSA) is 53.4 Å². The van der Waals surface area contributed by atoms with Gasteiger partial charge < -0.3 is 9.47 Å². The van der Waals surface area contributed by atoms with Gasteiger partial charge in [0.15, 0.2) is 11.5 Å². The SMILES string of the molecule is COc1cc(C=C2CCCCn3c2nc2sc(C)c(-c4ccccc4)c2c3=O)ccc1OC(F)F. The molecule has 0 bridgehead atoms. The molecule has 3 heterocycles. The van der Waals surface area contributed by atoms with Crippen LogP contribution in [0.2, 0.25) is 0 Å². The highest BCUT2D eigenvalue weighted by molar-refractivity contribution is 7.19. The number of halogens is 2. The minimum atomic E-state index is -2.93. The monoisotopic (exact) mass is 494 g/mol. The molecular formula is C27H24F2N2O3S. The molecule has 0 saturated carbocycles. The first-order chi connectivity index (χ1) is 17.0. The number of hydrogen-bond donors (Lipinski definition) is 0. The van der Waals surface area contributed by atoms with E-state index in [1.165, 1.54) is 24.5 Å². The average molecular weight is 495 g/mol. The van der Waals surface area contributed by atoms with Crippen LogP contribution in [-0.4, -0.2) is 23.3 Å². The summed E-state index contributed by atoms with van der Waals surface area (Å²) in [5.74, 6) is 0.854. The lowest BCUT2D eigenvalue weighted by atomic mass is 10.0. The first-order valence-corrected chi connectivity index (χ1v) is 12.2. The van der Waals surface area contributed by atoms with Gasteiger partial charge in [-0.15, -0.1) is 11.3 Å². The van der Waals surface area contributed by atoms with Gasteiger partial charge in [-0.05, 0) is 61.1 Å². The summed E-state index contributed by atoms with van der Waals surface area (Å²) in [5, 5.41) is 0.666. The zero-order valence-electron chi connectivity index (χ0n) is 19.4. The van der Waals surface area contributed by atoms with Crippen molar-refractivity contribution in [3.8, 4) is 22.6 Å². The number of thiophene rings is 1. The molecule has 2 aromatic carbocycles. The van der Waals surface area contributed by atoms with Crippen LogP contribution in [0.3, 0.4) is 0 Å². The van der Waals surface area contributed by atoms with E-state index < -0.39 is 6.61 Å². The number of allylic oxidation sites excluding steroid dienone is 1. The first kappa shape index (κ1) is 23.2. The molecule has 0 unspecified atom stereocenters. The fourth-order valence-corrected chi connectivity index (χ4v) is 5.64. The van der Waals surface area contributed by atoms with Crippen molar-refractivity contribution >= 4 is 33.2 Å². The Hall–Kier alpha value is -3.52. The smallest absolute Gasteiger partial charge is 0.387 e. The summed E-state index contributed by atoms with van der Waals surface area (Å²) in [6.45, 7) is -0.312. The van der Waals surface area contributed by atoms with Gasteiger partial charge in [-0.25, -0.2) is 4.98 Å². The number of hydrogen-bond acceptors (Lipinski definition) is 5. The maximum Gasteiger partial charge on any atom is 0.387 e. The molecule has 1 aliphatic heterocycles. The van der Waals surface area contributed by atoms with E-state index in [0.29, 0.717) is 17.8 Å². The quantitative estimate of drug-likeness (QED) is 0.307. The van der Waals surface area contributed by atoms with E-state index in [1.54, 1.807) is 16.7 Å². The Bertz CT molecular complexity index is 1480. The van der Waals surface area contributed by atoms with Crippen LogP contribution in [-0.2, 0) is 6.54 Å². The molecule has 0 fully saturated rings. The van der Waals surface area contributed by atoms with E-state index in [-0.39, 0.29) is 17.1 Å². The molecule has 1 aliphatic rings. The van der Waals surface area contributed by atoms with Gasteiger partial charge in [0.05, 0.1) is 12.5 Å². The fourth-order valence-electron chi connectivity index (χ4n) is 4.60. The van der Waals surface area contributed by atoms with E-state index >= 15 is 0 Å². The third-order valence-electron chi connectivity index (χ3n) is 6.16. The zero-order chi connectivity index (χ0) is 24.5. The van der Waals surface area contributed by atoms with Crippen molar-refractivity contribution < 1.29 is 18.3 Å². The van der Waals surface area contributed by atoms with Crippen molar-refractivity contribution in [2.75, 3.05) is 7.11 Å². The fraction of sp³-hybridized carbons (Fsp3) is 0.259. The van der Waals surface area contributed by atoms with Gasteiger partial charge in [0, 0.05) is 17.0 Å². The molecule has 8 heteroatoms. The van der Waals surface area contributed by atoms with Crippen LogP contribution in [0.4, 0.5) is 8.78 Å². The number of ether oxygens (including phenoxy) is 2. The predicted octanol–water partition coefficient (Wildman–Crippen LogP) is 6.77. The Labute approximate surface area is 205 Å². The lowest BCUT2D eigenvalue weighted by Crippen LogP contribution is -2.24. The Balaban J connectivity index is 1.65.